The molecule has 4 aromatic rings. The number of fused-ring (bicyclic) bond motifs is 1. The maximum atomic E-state index is 12.8. The van der Waals surface area contributed by atoms with Crippen molar-refractivity contribution < 1.29 is 18.0 Å². The second kappa shape index (κ2) is 8.55. The summed E-state index contributed by atoms with van der Waals surface area (Å²) in [6.45, 7) is 0.432. The van der Waals surface area contributed by atoms with Crippen LogP contribution in [0.2, 0.25) is 0 Å². The lowest BCUT2D eigenvalue weighted by atomic mass is 9.96. The number of carbonyl (C=O) groups is 1. The first-order valence-electron chi connectivity index (χ1n) is 9.65. The number of carbonyl (C=O) groups excluding carboxylic acids is 1. The van der Waals surface area contributed by atoms with E-state index in [-0.39, 0.29) is 5.91 Å². The normalized spacial score (nSPS) is 11.5. The summed E-state index contributed by atoms with van der Waals surface area (Å²) in [5, 5.41) is 4.56. The molecule has 0 fully saturated rings. The van der Waals surface area contributed by atoms with Gasteiger partial charge in [-0.05, 0) is 46.2 Å². The standard InChI is InChI=1S/C24H18F3N3O/c25-24(26,27)19-7-4-16(5-8-19)21-3-1-2-17-14-18(6-9-22(17)21)23(31)30-11-10-20-15-28-12-13-29-20/h1-9,12-15H,10-11H2,(H,30,31). The molecule has 0 unspecified atom stereocenters. The van der Waals surface area contributed by atoms with Crippen LogP contribution in [0, 0.1) is 0 Å². The molecule has 0 saturated carbocycles. The van der Waals surface area contributed by atoms with Gasteiger partial charge in [0.05, 0.1) is 11.3 Å². The number of hydrogen-bond acceptors (Lipinski definition) is 3. The Hall–Kier alpha value is -3.74. The van der Waals surface area contributed by atoms with Gasteiger partial charge in [0, 0.05) is 37.1 Å². The predicted octanol–water partition coefficient (Wildman–Crippen LogP) is 5.29. The summed E-state index contributed by atoms with van der Waals surface area (Å²) >= 11 is 0. The van der Waals surface area contributed by atoms with Gasteiger partial charge >= 0.3 is 6.18 Å². The Balaban J connectivity index is 1.53. The van der Waals surface area contributed by atoms with E-state index in [0.717, 1.165) is 34.2 Å². The van der Waals surface area contributed by atoms with Gasteiger partial charge in [-0.1, -0.05) is 36.4 Å². The van der Waals surface area contributed by atoms with Crippen LogP contribution in [0.15, 0.2) is 79.3 Å². The molecule has 0 atom stereocenters. The van der Waals surface area contributed by atoms with Crippen molar-refractivity contribution in [2.24, 2.45) is 0 Å². The summed E-state index contributed by atoms with van der Waals surface area (Å²) in [6, 6.07) is 15.9. The molecular formula is C24H18F3N3O. The second-order valence-electron chi connectivity index (χ2n) is 7.02. The molecule has 1 amide bonds. The Morgan fingerprint density at radius 2 is 1.77 bits per heavy atom. The van der Waals surface area contributed by atoms with Crippen molar-refractivity contribution in [3.05, 3.63) is 96.1 Å². The smallest absolute Gasteiger partial charge is 0.352 e. The molecule has 0 saturated heterocycles. The Morgan fingerprint density at radius 3 is 2.48 bits per heavy atom. The summed E-state index contributed by atoms with van der Waals surface area (Å²) in [5.74, 6) is -0.203. The van der Waals surface area contributed by atoms with E-state index in [1.807, 2.05) is 24.3 Å². The van der Waals surface area contributed by atoms with Crippen LogP contribution in [0.5, 0.6) is 0 Å². The van der Waals surface area contributed by atoms with Gasteiger partial charge in [-0.2, -0.15) is 13.2 Å². The van der Waals surface area contributed by atoms with Crippen LogP contribution in [0.1, 0.15) is 21.6 Å². The Bertz CT molecular complexity index is 1210. The summed E-state index contributed by atoms with van der Waals surface area (Å²) in [5.41, 5.74) is 2.11. The zero-order valence-corrected chi connectivity index (χ0v) is 16.4. The Labute approximate surface area is 176 Å². The van der Waals surface area contributed by atoms with Gasteiger partial charge in [0.1, 0.15) is 0 Å². The van der Waals surface area contributed by atoms with Crippen molar-refractivity contribution in [2.45, 2.75) is 12.6 Å². The highest BCUT2D eigenvalue weighted by molar-refractivity contribution is 6.02. The summed E-state index contributed by atoms with van der Waals surface area (Å²) in [6.07, 6.45) is 1.06. The molecule has 4 rings (SSSR count). The van der Waals surface area contributed by atoms with Gasteiger partial charge in [0.2, 0.25) is 0 Å². The van der Waals surface area contributed by atoms with Gasteiger partial charge in [-0.15, -0.1) is 0 Å². The largest absolute Gasteiger partial charge is 0.416 e. The molecule has 1 aromatic heterocycles. The van der Waals surface area contributed by atoms with Crippen LogP contribution in [0.3, 0.4) is 0 Å². The SMILES string of the molecule is O=C(NCCc1cnccn1)c1ccc2c(-c3ccc(C(F)(F)F)cc3)cccc2c1. The van der Waals surface area contributed by atoms with Crippen molar-refractivity contribution in [1.29, 1.82) is 0 Å². The van der Waals surface area contributed by atoms with Crippen LogP contribution in [-0.2, 0) is 12.6 Å². The molecule has 31 heavy (non-hydrogen) atoms. The number of rotatable bonds is 5. The van der Waals surface area contributed by atoms with E-state index < -0.39 is 11.7 Å². The van der Waals surface area contributed by atoms with E-state index in [0.29, 0.717) is 24.1 Å². The molecule has 0 spiro atoms. The number of hydrogen-bond donors (Lipinski definition) is 1. The molecule has 3 aromatic carbocycles. The molecular weight excluding hydrogens is 403 g/mol. The highest BCUT2D eigenvalue weighted by Gasteiger charge is 2.30. The number of benzene rings is 3. The monoisotopic (exact) mass is 421 g/mol. The minimum absolute atomic E-state index is 0.203. The lowest BCUT2D eigenvalue weighted by Crippen LogP contribution is -2.25. The third-order valence-corrected chi connectivity index (χ3v) is 4.95. The van der Waals surface area contributed by atoms with Crippen molar-refractivity contribution in [2.75, 3.05) is 6.54 Å². The minimum atomic E-state index is -4.37. The first-order chi connectivity index (χ1) is 14.9. The van der Waals surface area contributed by atoms with Gasteiger partial charge in [0.15, 0.2) is 0 Å². The lowest BCUT2D eigenvalue weighted by molar-refractivity contribution is -0.137. The summed E-state index contributed by atoms with van der Waals surface area (Å²) in [7, 11) is 0. The van der Waals surface area contributed by atoms with Gasteiger partial charge in [-0.25, -0.2) is 0 Å². The number of halogens is 3. The number of nitrogens with zero attached hydrogens (tertiary/aromatic N) is 2. The van der Waals surface area contributed by atoms with E-state index >= 15 is 0 Å². The maximum absolute atomic E-state index is 12.8. The van der Waals surface area contributed by atoms with Crippen LogP contribution >= 0.6 is 0 Å². The van der Waals surface area contributed by atoms with Gasteiger partial charge in [-0.3, -0.25) is 14.8 Å². The highest BCUT2D eigenvalue weighted by atomic mass is 19.4. The number of nitrogens with one attached hydrogen (secondary N) is 1. The van der Waals surface area contributed by atoms with E-state index in [1.165, 1.54) is 12.1 Å². The third kappa shape index (κ3) is 4.71. The zero-order valence-electron chi connectivity index (χ0n) is 16.4. The average molecular weight is 421 g/mol. The fourth-order valence-corrected chi connectivity index (χ4v) is 3.38. The second-order valence-corrected chi connectivity index (χ2v) is 7.02. The van der Waals surface area contributed by atoms with E-state index in [4.69, 9.17) is 0 Å². The zero-order chi connectivity index (χ0) is 21.8. The van der Waals surface area contributed by atoms with E-state index in [2.05, 4.69) is 15.3 Å². The van der Waals surface area contributed by atoms with Crippen LogP contribution in [-0.4, -0.2) is 22.4 Å². The molecule has 156 valence electrons. The average Bonchev–Trinajstić information content (AvgIpc) is 2.78. The van der Waals surface area contributed by atoms with Crippen LogP contribution in [0.25, 0.3) is 21.9 Å². The topological polar surface area (TPSA) is 54.9 Å². The quantitative estimate of drug-likeness (QED) is 0.477. The van der Waals surface area contributed by atoms with Crippen molar-refractivity contribution in [3.63, 3.8) is 0 Å². The first kappa shape index (κ1) is 20.5. The predicted molar refractivity (Wildman–Crippen MR) is 112 cm³/mol. The van der Waals surface area contributed by atoms with Crippen LogP contribution in [0.4, 0.5) is 13.2 Å². The lowest BCUT2D eigenvalue weighted by Gasteiger charge is -2.11. The minimum Gasteiger partial charge on any atom is -0.352 e. The summed E-state index contributed by atoms with van der Waals surface area (Å²) in [4.78, 5) is 20.7. The van der Waals surface area contributed by atoms with Crippen molar-refractivity contribution in [3.8, 4) is 11.1 Å². The molecule has 1 heterocycles. The van der Waals surface area contributed by atoms with E-state index in [1.54, 1.807) is 30.7 Å². The van der Waals surface area contributed by atoms with Gasteiger partial charge < -0.3 is 5.32 Å². The van der Waals surface area contributed by atoms with E-state index in [9.17, 15) is 18.0 Å². The fourth-order valence-electron chi connectivity index (χ4n) is 3.38. The highest BCUT2D eigenvalue weighted by Crippen LogP contribution is 2.33. The van der Waals surface area contributed by atoms with Crippen molar-refractivity contribution >= 4 is 16.7 Å². The molecule has 0 radical (unpaired) electrons. The number of aromatic nitrogens is 2. The molecule has 4 nitrogen and oxygen atoms in total. The third-order valence-electron chi connectivity index (χ3n) is 4.95. The number of alkyl halides is 3. The maximum Gasteiger partial charge on any atom is 0.416 e. The Kier molecular flexibility index (Phi) is 5.66. The molecule has 0 bridgehead atoms. The first-order valence-corrected chi connectivity index (χ1v) is 9.65. The molecule has 0 aliphatic carbocycles. The van der Waals surface area contributed by atoms with Crippen molar-refractivity contribution in [1.82, 2.24) is 15.3 Å². The molecule has 0 aliphatic heterocycles. The molecule has 0 aliphatic rings. The fraction of sp³-hybridized carbons (Fsp3) is 0.125. The molecule has 7 heteroatoms. The molecule has 1 N–H and O–H groups in total. The Morgan fingerprint density at radius 1 is 0.968 bits per heavy atom. The number of amides is 1. The van der Waals surface area contributed by atoms with Crippen LogP contribution < -0.4 is 5.32 Å². The summed E-state index contributed by atoms with van der Waals surface area (Å²) < 4.78 is 38.5. The van der Waals surface area contributed by atoms with Gasteiger partial charge in [0.25, 0.3) is 5.91 Å².